The summed E-state index contributed by atoms with van der Waals surface area (Å²) in [4.78, 5) is 24.8. The van der Waals surface area contributed by atoms with Crippen LogP contribution in [0.1, 0.15) is 40.5 Å². The van der Waals surface area contributed by atoms with Crippen LogP contribution in [0.2, 0.25) is 0 Å². The molecule has 0 radical (unpaired) electrons. The first-order valence-corrected chi connectivity index (χ1v) is 6.42. The average molecular weight is 256 g/mol. The van der Waals surface area contributed by atoms with Gasteiger partial charge in [-0.3, -0.25) is 9.59 Å². The Morgan fingerprint density at radius 2 is 1.78 bits per heavy atom. The van der Waals surface area contributed by atoms with Crippen LogP contribution in [0.4, 0.5) is 0 Å². The Balaban J connectivity index is 2.94. The van der Waals surface area contributed by atoms with Gasteiger partial charge in [0.2, 0.25) is 12.3 Å². The molecule has 0 aliphatic carbocycles. The Morgan fingerprint density at radius 1 is 1.28 bits per heavy atom. The summed E-state index contributed by atoms with van der Waals surface area (Å²) in [7, 11) is 0. The number of hydrogen-bond acceptors (Lipinski definition) is 3. The maximum absolute atomic E-state index is 12.4. The quantitative estimate of drug-likeness (QED) is 0.721. The van der Waals surface area contributed by atoms with E-state index in [1.165, 1.54) is 0 Å². The van der Waals surface area contributed by atoms with Crippen LogP contribution in [0.3, 0.4) is 0 Å². The van der Waals surface area contributed by atoms with Gasteiger partial charge in [0.25, 0.3) is 0 Å². The molecule has 5 nitrogen and oxygen atoms in total. The first-order chi connectivity index (χ1) is 8.21. The molecule has 1 aliphatic rings. The summed E-state index contributed by atoms with van der Waals surface area (Å²) in [5.41, 5.74) is -1.81. The Labute approximate surface area is 109 Å². The van der Waals surface area contributed by atoms with E-state index in [0.29, 0.717) is 19.5 Å². The van der Waals surface area contributed by atoms with E-state index in [4.69, 9.17) is 0 Å². The third kappa shape index (κ3) is 2.83. The van der Waals surface area contributed by atoms with Crippen molar-refractivity contribution in [1.82, 2.24) is 10.2 Å². The summed E-state index contributed by atoms with van der Waals surface area (Å²) >= 11 is 0. The third-order valence-corrected chi connectivity index (χ3v) is 3.98. The highest BCUT2D eigenvalue weighted by Crippen LogP contribution is 2.33. The second kappa shape index (κ2) is 5.26. The van der Waals surface area contributed by atoms with Crippen LogP contribution in [-0.2, 0) is 9.59 Å². The third-order valence-electron chi connectivity index (χ3n) is 3.98. The maximum atomic E-state index is 12.4. The van der Waals surface area contributed by atoms with Crippen LogP contribution in [0, 0.1) is 5.41 Å². The number of hydrogen-bond donors (Lipinski definition) is 2. The molecule has 1 saturated heterocycles. The Hall–Kier alpha value is -1.10. The topological polar surface area (TPSA) is 69.6 Å². The van der Waals surface area contributed by atoms with Crippen LogP contribution in [0.15, 0.2) is 0 Å². The molecule has 0 aromatic rings. The standard InChI is InChI=1S/C13H24N2O3/c1-12(2,3)13(4,18)10(14-9-16)11(17)15-7-5-6-8-15/h9-10,18H,5-8H2,1-4H3,(H,14,16)/t10-,13+/m1/s1. The highest BCUT2D eigenvalue weighted by atomic mass is 16.3. The number of nitrogens with zero attached hydrogens (tertiary/aromatic N) is 1. The van der Waals surface area contributed by atoms with Crippen molar-refractivity contribution in [3.05, 3.63) is 0 Å². The number of aliphatic hydroxyl groups is 1. The fourth-order valence-corrected chi connectivity index (χ4v) is 2.10. The number of rotatable bonds is 4. The number of nitrogens with one attached hydrogen (secondary N) is 1. The van der Waals surface area contributed by atoms with Crippen molar-refractivity contribution < 1.29 is 14.7 Å². The minimum absolute atomic E-state index is 0.195. The molecule has 2 N–H and O–H groups in total. The van der Waals surface area contributed by atoms with E-state index < -0.39 is 17.1 Å². The van der Waals surface area contributed by atoms with Gasteiger partial charge in [0.1, 0.15) is 6.04 Å². The van der Waals surface area contributed by atoms with Crippen LogP contribution in [0.25, 0.3) is 0 Å². The molecule has 0 aromatic heterocycles. The van der Waals surface area contributed by atoms with Gasteiger partial charge in [-0.1, -0.05) is 20.8 Å². The van der Waals surface area contributed by atoms with E-state index >= 15 is 0 Å². The molecule has 0 bridgehead atoms. The van der Waals surface area contributed by atoms with Gasteiger partial charge >= 0.3 is 0 Å². The van der Waals surface area contributed by atoms with Crippen molar-refractivity contribution in [3.63, 3.8) is 0 Å². The molecule has 104 valence electrons. The van der Waals surface area contributed by atoms with E-state index in [1.807, 2.05) is 20.8 Å². The van der Waals surface area contributed by atoms with Gasteiger partial charge in [-0.05, 0) is 25.2 Å². The molecule has 0 spiro atoms. The van der Waals surface area contributed by atoms with Crippen LogP contribution in [0.5, 0.6) is 0 Å². The lowest BCUT2D eigenvalue weighted by Gasteiger charge is -2.43. The zero-order chi connectivity index (χ0) is 14.0. The second-order valence-corrected chi connectivity index (χ2v) is 6.15. The normalized spacial score (nSPS) is 21.3. The van der Waals surface area contributed by atoms with E-state index in [0.717, 1.165) is 12.8 Å². The molecule has 2 atom stereocenters. The number of likely N-dealkylation sites (tertiary alicyclic amines) is 1. The Bertz CT molecular complexity index is 315. The molecular formula is C13H24N2O3. The molecule has 1 fully saturated rings. The molecule has 0 unspecified atom stereocenters. The number of carbonyl (C=O) groups excluding carboxylic acids is 2. The van der Waals surface area contributed by atoms with Crippen molar-refractivity contribution in [1.29, 1.82) is 0 Å². The predicted molar refractivity (Wildman–Crippen MR) is 68.9 cm³/mol. The number of carbonyl (C=O) groups is 2. The van der Waals surface area contributed by atoms with Crippen LogP contribution in [-0.4, -0.2) is 47.1 Å². The highest BCUT2D eigenvalue weighted by molar-refractivity contribution is 5.85. The first kappa shape index (κ1) is 15.0. The molecule has 5 heteroatoms. The van der Waals surface area contributed by atoms with Gasteiger partial charge in [-0.15, -0.1) is 0 Å². The average Bonchev–Trinajstić information content (AvgIpc) is 2.76. The zero-order valence-electron chi connectivity index (χ0n) is 11.7. The van der Waals surface area contributed by atoms with Gasteiger partial charge in [-0.2, -0.15) is 0 Å². The molecular weight excluding hydrogens is 232 g/mol. The summed E-state index contributed by atoms with van der Waals surface area (Å²) in [6.07, 6.45) is 2.45. The highest BCUT2D eigenvalue weighted by Gasteiger charge is 2.47. The maximum Gasteiger partial charge on any atom is 0.248 e. The Kier molecular flexibility index (Phi) is 4.37. The van der Waals surface area contributed by atoms with Crippen molar-refractivity contribution in [2.45, 2.75) is 52.2 Å². The molecule has 18 heavy (non-hydrogen) atoms. The van der Waals surface area contributed by atoms with Gasteiger partial charge < -0.3 is 15.3 Å². The monoisotopic (exact) mass is 256 g/mol. The lowest BCUT2D eigenvalue weighted by atomic mass is 9.72. The zero-order valence-corrected chi connectivity index (χ0v) is 11.7. The second-order valence-electron chi connectivity index (χ2n) is 6.15. The van der Waals surface area contributed by atoms with Crippen molar-refractivity contribution in [2.75, 3.05) is 13.1 Å². The fourth-order valence-electron chi connectivity index (χ4n) is 2.10. The molecule has 1 heterocycles. The summed E-state index contributed by atoms with van der Waals surface area (Å²) in [6.45, 7) is 8.56. The van der Waals surface area contributed by atoms with Gasteiger partial charge in [0, 0.05) is 13.1 Å². The summed E-state index contributed by atoms with van der Waals surface area (Å²) in [5.74, 6) is -0.195. The van der Waals surface area contributed by atoms with E-state index in [9.17, 15) is 14.7 Å². The lowest BCUT2D eigenvalue weighted by Crippen LogP contribution is -2.62. The summed E-state index contributed by atoms with van der Waals surface area (Å²) in [6, 6.07) is -0.895. The minimum atomic E-state index is -1.30. The summed E-state index contributed by atoms with van der Waals surface area (Å²) < 4.78 is 0. The predicted octanol–water partition coefficient (Wildman–Crippen LogP) is 0.520. The molecule has 0 aromatic carbocycles. The van der Waals surface area contributed by atoms with E-state index in [1.54, 1.807) is 11.8 Å². The number of amides is 2. The SMILES string of the molecule is CC(C)(C)[C@@](C)(O)[C@H](NC=O)C(=O)N1CCCC1. The fraction of sp³-hybridized carbons (Fsp3) is 0.846. The molecule has 0 saturated carbocycles. The molecule has 2 amide bonds. The minimum Gasteiger partial charge on any atom is -0.387 e. The Morgan fingerprint density at radius 3 is 2.17 bits per heavy atom. The lowest BCUT2D eigenvalue weighted by molar-refractivity contribution is -0.148. The van der Waals surface area contributed by atoms with E-state index in [2.05, 4.69) is 5.32 Å². The van der Waals surface area contributed by atoms with Crippen molar-refractivity contribution in [3.8, 4) is 0 Å². The largest absolute Gasteiger partial charge is 0.387 e. The van der Waals surface area contributed by atoms with Gasteiger partial charge in [-0.25, -0.2) is 0 Å². The summed E-state index contributed by atoms with van der Waals surface area (Å²) in [5, 5.41) is 13.1. The van der Waals surface area contributed by atoms with Crippen LogP contribution >= 0.6 is 0 Å². The first-order valence-electron chi connectivity index (χ1n) is 6.42. The van der Waals surface area contributed by atoms with Gasteiger partial charge in [0.05, 0.1) is 5.60 Å². The molecule has 1 rings (SSSR count). The van der Waals surface area contributed by atoms with Crippen molar-refractivity contribution >= 4 is 12.3 Å². The van der Waals surface area contributed by atoms with Crippen LogP contribution < -0.4 is 5.32 Å². The van der Waals surface area contributed by atoms with Gasteiger partial charge in [0.15, 0.2) is 0 Å². The van der Waals surface area contributed by atoms with Crippen molar-refractivity contribution in [2.24, 2.45) is 5.41 Å². The molecule has 1 aliphatic heterocycles. The smallest absolute Gasteiger partial charge is 0.248 e. The van der Waals surface area contributed by atoms with E-state index in [-0.39, 0.29) is 5.91 Å².